The molecule has 106 valence electrons. The molecule has 0 bridgehead atoms. The van der Waals surface area contributed by atoms with Crippen LogP contribution in [0, 0.1) is 0 Å². The summed E-state index contributed by atoms with van der Waals surface area (Å²) < 4.78 is 11.1. The molecule has 0 amide bonds. The van der Waals surface area contributed by atoms with E-state index in [0.29, 0.717) is 5.25 Å². The third kappa shape index (κ3) is 3.22. The Labute approximate surface area is 128 Å². The van der Waals surface area contributed by atoms with Crippen LogP contribution in [-0.2, 0) is 6.42 Å². The van der Waals surface area contributed by atoms with Crippen LogP contribution in [0.1, 0.15) is 36.6 Å². The predicted octanol–water partition coefficient (Wildman–Crippen LogP) is 4.60. The smallest absolute Gasteiger partial charge is 0.161 e. The highest BCUT2D eigenvalue weighted by molar-refractivity contribution is 9.09. The Hall–Kier alpha value is -0.350. The Morgan fingerprint density at radius 2 is 1.89 bits per heavy atom. The number of halogens is 1. The minimum absolute atomic E-state index is 0.277. The van der Waals surface area contributed by atoms with Gasteiger partial charge in [-0.3, -0.25) is 0 Å². The summed E-state index contributed by atoms with van der Waals surface area (Å²) in [5.74, 6) is 1.67. The van der Waals surface area contributed by atoms with E-state index in [1.165, 1.54) is 11.1 Å². The molecule has 0 N–H and O–H groups in total. The van der Waals surface area contributed by atoms with E-state index in [1.54, 1.807) is 14.2 Å². The lowest BCUT2D eigenvalue weighted by molar-refractivity contribution is 0.353. The quantitative estimate of drug-likeness (QED) is 0.743. The Morgan fingerprint density at radius 1 is 1.26 bits per heavy atom. The third-order valence-corrected chi connectivity index (χ3v) is 5.46. The first kappa shape index (κ1) is 15.0. The molecule has 0 spiro atoms. The molecule has 0 radical (unpaired) electrons. The molecule has 19 heavy (non-hydrogen) atoms. The molecule has 1 aromatic carbocycles. The van der Waals surface area contributed by atoms with Gasteiger partial charge in [0, 0.05) is 15.3 Å². The molecule has 0 fully saturated rings. The normalized spacial score (nSPS) is 20.8. The second-order valence-electron chi connectivity index (χ2n) is 5.43. The van der Waals surface area contributed by atoms with Crippen molar-refractivity contribution < 1.29 is 9.47 Å². The summed E-state index contributed by atoms with van der Waals surface area (Å²) in [6, 6.07) is 4.31. The van der Waals surface area contributed by atoms with Gasteiger partial charge in [-0.05, 0) is 36.1 Å². The largest absolute Gasteiger partial charge is 0.493 e. The molecule has 0 saturated heterocycles. The Kier molecular flexibility index (Phi) is 4.72. The molecule has 2 nitrogen and oxygen atoms in total. The van der Waals surface area contributed by atoms with Crippen molar-refractivity contribution in [2.45, 2.75) is 36.7 Å². The SMILES string of the molecule is COc1cc2c(cc1OC)C(CCBr)SC(C)(C)C2. The molecule has 0 aliphatic carbocycles. The van der Waals surface area contributed by atoms with Crippen molar-refractivity contribution in [2.75, 3.05) is 19.5 Å². The summed E-state index contributed by atoms with van der Waals surface area (Å²) in [5.41, 5.74) is 2.80. The topological polar surface area (TPSA) is 18.5 Å². The van der Waals surface area contributed by atoms with Crippen LogP contribution in [0.3, 0.4) is 0 Å². The van der Waals surface area contributed by atoms with Gasteiger partial charge in [0.15, 0.2) is 11.5 Å². The minimum atomic E-state index is 0.277. The maximum Gasteiger partial charge on any atom is 0.161 e. The summed E-state index contributed by atoms with van der Waals surface area (Å²) in [7, 11) is 3.40. The van der Waals surface area contributed by atoms with Gasteiger partial charge in [-0.15, -0.1) is 11.8 Å². The fourth-order valence-corrected chi connectivity index (χ4v) is 5.00. The van der Waals surface area contributed by atoms with Crippen molar-refractivity contribution in [3.63, 3.8) is 0 Å². The average Bonchev–Trinajstić information content (AvgIpc) is 2.36. The van der Waals surface area contributed by atoms with Crippen molar-refractivity contribution >= 4 is 27.7 Å². The Morgan fingerprint density at radius 3 is 2.47 bits per heavy atom. The Balaban J connectivity index is 2.47. The Bertz CT molecular complexity index is 460. The number of alkyl halides is 1. The molecule has 1 heterocycles. The molecule has 1 aliphatic heterocycles. The number of hydrogen-bond donors (Lipinski definition) is 0. The fourth-order valence-electron chi connectivity index (χ4n) is 2.65. The second kappa shape index (κ2) is 5.96. The monoisotopic (exact) mass is 344 g/mol. The van der Waals surface area contributed by atoms with Crippen molar-refractivity contribution in [1.82, 2.24) is 0 Å². The van der Waals surface area contributed by atoms with Gasteiger partial charge in [-0.2, -0.15) is 0 Å². The highest BCUT2D eigenvalue weighted by atomic mass is 79.9. The lowest BCUT2D eigenvalue weighted by atomic mass is 9.93. The van der Waals surface area contributed by atoms with Gasteiger partial charge in [0.2, 0.25) is 0 Å². The maximum absolute atomic E-state index is 5.43. The van der Waals surface area contributed by atoms with Gasteiger partial charge in [0.25, 0.3) is 0 Å². The van der Waals surface area contributed by atoms with Gasteiger partial charge < -0.3 is 9.47 Å². The van der Waals surface area contributed by atoms with Crippen LogP contribution in [0.4, 0.5) is 0 Å². The number of thioether (sulfide) groups is 1. The second-order valence-corrected chi connectivity index (χ2v) is 8.13. The van der Waals surface area contributed by atoms with Crippen LogP contribution in [0.15, 0.2) is 12.1 Å². The first-order valence-corrected chi connectivity index (χ1v) is 8.49. The van der Waals surface area contributed by atoms with Crippen LogP contribution < -0.4 is 9.47 Å². The van der Waals surface area contributed by atoms with Crippen molar-refractivity contribution in [3.05, 3.63) is 23.3 Å². The van der Waals surface area contributed by atoms with E-state index in [-0.39, 0.29) is 4.75 Å². The molecule has 1 aromatic rings. The summed E-state index contributed by atoms with van der Waals surface area (Å²) in [6.07, 6.45) is 2.21. The van der Waals surface area contributed by atoms with Crippen LogP contribution in [0.2, 0.25) is 0 Å². The lowest BCUT2D eigenvalue weighted by Gasteiger charge is -2.37. The molecule has 1 atom stereocenters. The van der Waals surface area contributed by atoms with Crippen LogP contribution in [-0.4, -0.2) is 24.3 Å². The molecule has 0 saturated carbocycles. The van der Waals surface area contributed by atoms with E-state index in [4.69, 9.17) is 9.47 Å². The van der Waals surface area contributed by atoms with Crippen molar-refractivity contribution in [3.8, 4) is 11.5 Å². The number of rotatable bonds is 4. The average molecular weight is 345 g/mol. The first-order chi connectivity index (χ1) is 9.00. The minimum Gasteiger partial charge on any atom is -0.493 e. The summed E-state index contributed by atoms with van der Waals surface area (Å²) in [6.45, 7) is 4.64. The molecule has 4 heteroatoms. The van der Waals surface area contributed by atoms with Crippen molar-refractivity contribution in [2.24, 2.45) is 0 Å². The fraction of sp³-hybridized carbons (Fsp3) is 0.600. The zero-order valence-corrected chi connectivity index (χ0v) is 14.4. The first-order valence-electron chi connectivity index (χ1n) is 6.49. The molecule has 0 aromatic heterocycles. The van der Waals surface area contributed by atoms with Crippen LogP contribution >= 0.6 is 27.7 Å². The van der Waals surface area contributed by atoms with Crippen molar-refractivity contribution in [1.29, 1.82) is 0 Å². The van der Waals surface area contributed by atoms with Gasteiger partial charge in [-0.1, -0.05) is 29.8 Å². The van der Waals surface area contributed by atoms with E-state index in [2.05, 4.69) is 53.7 Å². The standard InChI is InChI=1S/C15H21BrO2S/c1-15(2)9-10-7-12(17-3)13(18-4)8-11(10)14(19-15)5-6-16/h7-8,14H,5-6,9H2,1-4H3. The van der Waals surface area contributed by atoms with Crippen LogP contribution in [0.25, 0.3) is 0 Å². The lowest BCUT2D eigenvalue weighted by Crippen LogP contribution is -2.26. The maximum atomic E-state index is 5.43. The summed E-state index contributed by atoms with van der Waals surface area (Å²) >= 11 is 5.63. The highest BCUT2D eigenvalue weighted by Crippen LogP contribution is 2.50. The van der Waals surface area contributed by atoms with E-state index in [9.17, 15) is 0 Å². The molecule has 1 unspecified atom stereocenters. The zero-order chi connectivity index (χ0) is 14.0. The number of fused-ring (bicyclic) bond motifs is 1. The van der Waals surface area contributed by atoms with E-state index in [1.807, 2.05) is 0 Å². The molecular weight excluding hydrogens is 324 g/mol. The number of methoxy groups -OCH3 is 2. The number of ether oxygens (including phenoxy) is 2. The number of benzene rings is 1. The van der Waals surface area contributed by atoms with Gasteiger partial charge in [-0.25, -0.2) is 0 Å². The molecule has 1 aliphatic rings. The van der Waals surface area contributed by atoms with E-state index in [0.717, 1.165) is 29.7 Å². The van der Waals surface area contributed by atoms with Gasteiger partial charge in [0.1, 0.15) is 0 Å². The number of hydrogen-bond acceptors (Lipinski definition) is 3. The van der Waals surface area contributed by atoms with Crippen LogP contribution in [0.5, 0.6) is 11.5 Å². The molecule has 2 rings (SSSR count). The van der Waals surface area contributed by atoms with Gasteiger partial charge in [0.05, 0.1) is 14.2 Å². The third-order valence-electron chi connectivity index (χ3n) is 3.44. The predicted molar refractivity (Wildman–Crippen MR) is 86.1 cm³/mol. The zero-order valence-electron chi connectivity index (χ0n) is 12.0. The van der Waals surface area contributed by atoms with Gasteiger partial charge >= 0.3 is 0 Å². The molecular formula is C15H21BrO2S. The van der Waals surface area contributed by atoms with E-state index >= 15 is 0 Å². The highest BCUT2D eigenvalue weighted by Gasteiger charge is 2.33. The summed E-state index contributed by atoms with van der Waals surface area (Å²) in [5, 5.41) is 1.55. The van der Waals surface area contributed by atoms with E-state index < -0.39 is 0 Å². The summed E-state index contributed by atoms with van der Waals surface area (Å²) in [4.78, 5) is 0.